The Balaban J connectivity index is 2.66. The van der Waals surface area contributed by atoms with E-state index in [1.54, 1.807) is 6.07 Å². The highest BCUT2D eigenvalue weighted by Crippen LogP contribution is 2.26. The van der Waals surface area contributed by atoms with Crippen LogP contribution in [0.5, 0.6) is 0 Å². The average Bonchev–Trinajstić information content (AvgIpc) is 2.28. The Hall–Kier alpha value is -1.17. The first-order valence-electron chi connectivity index (χ1n) is 5.68. The fourth-order valence-electron chi connectivity index (χ4n) is 1.31. The molecular weight excluding hydrogens is 258 g/mol. The second-order valence-corrected chi connectivity index (χ2v) is 5.15. The maximum Gasteiger partial charge on any atom is 0.290 e. The number of pyridine rings is 1. The third-order valence-corrected chi connectivity index (χ3v) is 2.95. The van der Waals surface area contributed by atoms with Gasteiger partial charge in [0.2, 0.25) is 0 Å². The summed E-state index contributed by atoms with van der Waals surface area (Å²) in [6.45, 7) is 4.63. The molecule has 3 nitrogen and oxygen atoms in total. The summed E-state index contributed by atoms with van der Waals surface area (Å²) >= 11 is 0.288. The molecule has 1 aromatic rings. The summed E-state index contributed by atoms with van der Waals surface area (Å²) < 4.78 is 24.6. The van der Waals surface area contributed by atoms with E-state index in [0.717, 1.165) is 6.42 Å². The van der Waals surface area contributed by atoms with Crippen molar-refractivity contribution < 1.29 is 13.6 Å². The molecule has 0 radical (unpaired) electrons. The molecular formula is C12H16F2N2OS. The van der Waals surface area contributed by atoms with Gasteiger partial charge in [-0.1, -0.05) is 13.8 Å². The van der Waals surface area contributed by atoms with E-state index in [1.807, 2.05) is 13.8 Å². The third kappa shape index (κ3) is 5.00. The number of halogens is 2. The molecule has 0 aliphatic heterocycles. The number of alkyl halides is 2. The zero-order chi connectivity index (χ0) is 13.5. The van der Waals surface area contributed by atoms with E-state index in [2.05, 4.69) is 10.3 Å². The zero-order valence-corrected chi connectivity index (χ0v) is 11.1. The zero-order valence-electron chi connectivity index (χ0n) is 10.3. The van der Waals surface area contributed by atoms with Gasteiger partial charge in [0.25, 0.3) is 11.7 Å². The second-order valence-electron chi connectivity index (χ2n) is 4.17. The Labute approximate surface area is 109 Å². The molecule has 0 unspecified atom stereocenters. The van der Waals surface area contributed by atoms with Crippen LogP contribution in [-0.4, -0.2) is 23.2 Å². The fraction of sp³-hybridized carbons (Fsp3) is 0.500. The van der Waals surface area contributed by atoms with Crippen LogP contribution >= 0.6 is 11.8 Å². The minimum Gasteiger partial charge on any atom is -0.352 e. The summed E-state index contributed by atoms with van der Waals surface area (Å²) in [5.74, 6) is -2.46. The van der Waals surface area contributed by atoms with E-state index < -0.39 is 5.76 Å². The van der Waals surface area contributed by atoms with Crippen LogP contribution in [-0.2, 0) is 0 Å². The number of hydrogen-bond donors (Lipinski definition) is 1. The number of nitrogens with zero attached hydrogens (tertiary/aromatic N) is 1. The van der Waals surface area contributed by atoms with Crippen LogP contribution in [0.25, 0.3) is 0 Å². The summed E-state index contributed by atoms with van der Waals surface area (Å²) in [4.78, 5) is 15.6. The topological polar surface area (TPSA) is 42.0 Å². The summed E-state index contributed by atoms with van der Waals surface area (Å²) in [6.07, 6.45) is 2.25. The van der Waals surface area contributed by atoms with E-state index in [-0.39, 0.29) is 28.3 Å². The highest BCUT2D eigenvalue weighted by molar-refractivity contribution is 7.99. The molecule has 0 spiro atoms. The first-order valence-corrected chi connectivity index (χ1v) is 6.56. The monoisotopic (exact) mass is 274 g/mol. The molecule has 1 N–H and O–H groups in total. The fourth-order valence-corrected chi connectivity index (χ4v) is 1.89. The van der Waals surface area contributed by atoms with Crippen LogP contribution in [0.15, 0.2) is 23.4 Å². The second kappa shape index (κ2) is 7.31. The van der Waals surface area contributed by atoms with E-state index in [9.17, 15) is 13.6 Å². The molecule has 0 aliphatic carbocycles. The van der Waals surface area contributed by atoms with Crippen molar-refractivity contribution in [1.82, 2.24) is 10.3 Å². The molecule has 1 heterocycles. The SMILES string of the molecule is CC(C)CCNC(=O)c1cccnc1SC(F)F. The molecule has 0 fully saturated rings. The number of thioether (sulfide) groups is 1. The van der Waals surface area contributed by atoms with Crippen molar-refractivity contribution in [2.45, 2.75) is 31.1 Å². The minimum absolute atomic E-state index is 0.0644. The van der Waals surface area contributed by atoms with E-state index >= 15 is 0 Å². The van der Waals surface area contributed by atoms with Gasteiger partial charge in [0, 0.05) is 12.7 Å². The summed E-state index contributed by atoms with van der Waals surface area (Å²) in [6, 6.07) is 3.06. The van der Waals surface area contributed by atoms with E-state index in [1.165, 1.54) is 12.3 Å². The van der Waals surface area contributed by atoms with Gasteiger partial charge in [-0.2, -0.15) is 8.78 Å². The summed E-state index contributed by atoms with van der Waals surface area (Å²) in [7, 11) is 0. The molecule has 0 aliphatic rings. The number of amides is 1. The predicted octanol–water partition coefficient (Wildman–Crippen LogP) is 3.17. The van der Waals surface area contributed by atoms with Crippen LogP contribution in [0.2, 0.25) is 0 Å². The molecule has 6 heteroatoms. The van der Waals surface area contributed by atoms with Crippen LogP contribution < -0.4 is 5.32 Å². The molecule has 0 saturated carbocycles. The standard InChI is InChI=1S/C12H16F2N2OS/c1-8(2)5-7-15-10(17)9-4-3-6-16-11(9)18-12(13)14/h3-4,6,8,12H,5,7H2,1-2H3,(H,15,17). The number of nitrogens with one attached hydrogen (secondary N) is 1. The van der Waals surface area contributed by atoms with Crippen molar-refractivity contribution in [1.29, 1.82) is 0 Å². The van der Waals surface area contributed by atoms with Gasteiger partial charge in [0.1, 0.15) is 5.03 Å². The average molecular weight is 274 g/mol. The molecule has 0 saturated heterocycles. The van der Waals surface area contributed by atoms with Crippen LogP contribution in [0.3, 0.4) is 0 Å². The maximum atomic E-state index is 12.3. The third-order valence-electron chi connectivity index (χ3n) is 2.22. The molecule has 1 aromatic heterocycles. The Kier molecular flexibility index (Phi) is 6.04. The van der Waals surface area contributed by atoms with Gasteiger partial charge in [-0.3, -0.25) is 4.79 Å². The van der Waals surface area contributed by atoms with Crippen LogP contribution in [0.4, 0.5) is 8.78 Å². The minimum atomic E-state index is -2.58. The van der Waals surface area contributed by atoms with E-state index in [0.29, 0.717) is 12.5 Å². The predicted molar refractivity (Wildman–Crippen MR) is 67.9 cm³/mol. The lowest BCUT2D eigenvalue weighted by Gasteiger charge is -2.09. The lowest BCUT2D eigenvalue weighted by Crippen LogP contribution is -2.26. The molecule has 0 aromatic carbocycles. The number of carbonyl (C=O) groups excluding carboxylic acids is 1. The van der Waals surface area contributed by atoms with Gasteiger partial charge in [-0.15, -0.1) is 0 Å². The van der Waals surface area contributed by atoms with Crippen molar-refractivity contribution >= 4 is 17.7 Å². The van der Waals surface area contributed by atoms with Gasteiger partial charge < -0.3 is 5.32 Å². The van der Waals surface area contributed by atoms with Crippen molar-refractivity contribution in [3.63, 3.8) is 0 Å². The number of carbonyl (C=O) groups is 1. The lowest BCUT2D eigenvalue weighted by molar-refractivity contribution is 0.0948. The summed E-state index contributed by atoms with van der Waals surface area (Å²) in [5.41, 5.74) is 0.201. The molecule has 0 atom stereocenters. The molecule has 18 heavy (non-hydrogen) atoms. The van der Waals surface area contributed by atoms with Gasteiger partial charge in [-0.05, 0) is 36.2 Å². The van der Waals surface area contributed by atoms with Gasteiger partial charge in [-0.25, -0.2) is 4.98 Å². The van der Waals surface area contributed by atoms with Crippen molar-refractivity contribution in [3.8, 4) is 0 Å². The molecule has 0 bridgehead atoms. The van der Waals surface area contributed by atoms with Gasteiger partial charge in [0.15, 0.2) is 0 Å². The number of aromatic nitrogens is 1. The van der Waals surface area contributed by atoms with Gasteiger partial charge in [0.05, 0.1) is 5.56 Å². The van der Waals surface area contributed by atoms with Crippen molar-refractivity contribution in [3.05, 3.63) is 23.9 Å². The van der Waals surface area contributed by atoms with Crippen molar-refractivity contribution in [2.24, 2.45) is 5.92 Å². The lowest BCUT2D eigenvalue weighted by atomic mass is 10.1. The summed E-state index contributed by atoms with van der Waals surface area (Å²) in [5, 5.41) is 2.77. The quantitative estimate of drug-likeness (QED) is 0.810. The largest absolute Gasteiger partial charge is 0.352 e. The number of hydrogen-bond acceptors (Lipinski definition) is 3. The molecule has 1 rings (SSSR count). The van der Waals surface area contributed by atoms with Crippen LogP contribution in [0, 0.1) is 5.92 Å². The molecule has 1 amide bonds. The smallest absolute Gasteiger partial charge is 0.290 e. The van der Waals surface area contributed by atoms with Crippen LogP contribution in [0.1, 0.15) is 30.6 Å². The van der Waals surface area contributed by atoms with E-state index in [4.69, 9.17) is 0 Å². The first kappa shape index (κ1) is 14.9. The normalized spacial score (nSPS) is 11.0. The van der Waals surface area contributed by atoms with Gasteiger partial charge >= 0.3 is 0 Å². The number of rotatable bonds is 6. The Bertz CT molecular complexity index is 399. The Morgan fingerprint density at radius 2 is 2.22 bits per heavy atom. The maximum absolute atomic E-state index is 12.3. The highest BCUT2D eigenvalue weighted by Gasteiger charge is 2.16. The van der Waals surface area contributed by atoms with Crippen molar-refractivity contribution in [2.75, 3.05) is 6.54 Å². The first-order chi connectivity index (χ1) is 8.50. The highest BCUT2D eigenvalue weighted by atomic mass is 32.2. The Morgan fingerprint density at radius 1 is 1.50 bits per heavy atom. The Morgan fingerprint density at radius 3 is 2.83 bits per heavy atom. The molecule has 100 valence electrons.